The minimum atomic E-state index is -0.280. The number of aromatic nitrogens is 2. The molecule has 0 spiro atoms. The van der Waals surface area contributed by atoms with E-state index in [0.29, 0.717) is 22.9 Å². The van der Waals surface area contributed by atoms with E-state index in [-0.39, 0.29) is 5.91 Å². The lowest BCUT2D eigenvalue weighted by Gasteiger charge is -2.13. The van der Waals surface area contributed by atoms with Crippen molar-refractivity contribution in [3.63, 3.8) is 0 Å². The molecular formula is C19H19N3O3S. The van der Waals surface area contributed by atoms with Crippen LogP contribution in [0.4, 0.5) is 5.82 Å². The smallest absolute Gasteiger partial charge is 0.260 e. The van der Waals surface area contributed by atoms with Crippen LogP contribution in [0.25, 0.3) is 5.69 Å². The molecule has 0 aliphatic rings. The van der Waals surface area contributed by atoms with Gasteiger partial charge in [0.25, 0.3) is 5.91 Å². The van der Waals surface area contributed by atoms with Gasteiger partial charge in [-0.15, -0.1) is 11.8 Å². The Labute approximate surface area is 156 Å². The quantitative estimate of drug-likeness (QED) is 0.668. The van der Waals surface area contributed by atoms with E-state index < -0.39 is 0 Å². The van der Waals surface area contributed by atoms with Gasteiger partial charge in [-0.1, -0.05) is 18.2 Å². The molecule has 3 rings (SSSR count). The molecule has 6 nitrogen and oxygen atoms in total. The second kappa shape index (κ2) is 7.97. The van der Waals surface area contributed by atoms with Gasteiger partial charge in [0.05, 0.1) is 36.6 Å². The molecule has 0 radical (unpaired) electrons. The second-order valence-electron chi connectivity index (χ2n) is 5.33. The molecule has 0 saturated carbocycles. The lowest BCUT2D eigenvalue weighted by atomic mass is 10.1. The van der Waals surface area contributed by atoms with Gasteiger partial charge in [0.1, 0.15) is 17.3 Å². The molecule has 2 aromatic carbocycles. The molecule has 3 aromatic rings. The van der Waals surface area contributed by atoms with Gasteiger partial charge in [-0.25, -0.2) is 4.68 Å². The molecule has 0 bridgehead atoms. The van der Waals surface area contributed by atoms with E-state index >= 15 is 0 Å². The second-order valence-corrected chi connectivity index (χ2v) is 6.18. The van der Waals surface area contributed by atoms with Crippen molar-refractivity contribution >= 4 is 23.5 Å². The Bertz CT molecular complexity index is 910. The molecule has 0 unspecified atom stereocenters. The number of nitrogens with one attached hydrogen (secondary N) is 1. The zero-order valence-corrected chi connectivity index (χ0v) is 15.5. The van der Waals surface area contributed by atoms with Crippen molar-refractivity contribution < 1.29 is 14.3 Å². The van der Waals surface area contributed by atoms with Crippen LogP contribution < -0.4 is 14.8 Å². The Morgan fingerprint density at radius 3 is 2.54 bits per heavy atom. The zero-order chi connectivity index (χ0) is 18.5. The fraction of sp³-hybridized carbons (Fsp3) is 0.158. The van der Waals surface area contributed by atoms with E-state index in [1.807, 2.05) is 36.6 Å². The molecule has 7 heteroatoms. The maximum Gasteiger partial charge on any atom is 0.260 e. The van der Waals surface area contributed by atoms with Crippen molar-refractivity contribution in [2.75, 3.05) is 25.8 Å². The Morgan fingerprint density at radius 1 is 1.12 bits per heavy atom. The number of anilines is 1. The van der Waals surface area contributed by atoms with Gasteiger partial charge in [0, 0.05) is 6.07 Å². The molecular weight excluding hydrogens is 350 g/mol. The zero-order valence-electron chi connectivity index (χ0n) is 14.7. The summed E-state index contributed by atoms with van der Waals surface area (Å²) in [5, 5.41) is 7.36. The number of hydrogen-bond acceptors (Lipinski definition) is 5. The van der Waals surface area contributed by atoms with Gasteiger partial charge in [-0.05, 0) is 30.5 Å². The summed E-state index contributed by atoms with van der Waals surface area (Å²) in [6.07, 6.45) is 3.68. The summed E-state index contributed by atoms with van der Waals surface area (Å²) in [5.41, 5.74) is 1.28. The first kappa shape index (κ1) is 17.9. The number of hydrogen-bond donors (Lipinski definition) is 1. The summed E-state index contributed by atoms with van der Waals surface area (Å²) in [5.74, 6) is 1.40. The Morgan fingerprint density at radius 2 is 1.88 bits per heavy atom. The third-order valence-electron chi connectivity index (χ3n) is 3.84. The number of ether oxygens (including phenoxy) is 2. The third-order valence-corrected chi connectivity index (χ3v) is 4.58. The van der Waals surface area contributed by atoms with Crippen molar-refractivity contribution in [2.24, 2.45) is 0 Å². The van der Waals surface area contributed by atoms with Gasteiger partial charge < -0.3 is 14.8 Å². The Kier molecular flexibility index (Phi) is 5.48. The Balaban J connectivity index is 1.96. The number of benzene rings is 2. The Hall–Kier alpha value is -2.93. The first-order valence-electron chi connectivity index (χ1n) is 7.88. The predicted octanol–water partition coefficient (Wildman–Crippen LogP) is 3.86. The summed E-state index contributed by atoms with van der Waals surface area (Å²) in [7, 11) is 3.09. The van der Waals surface area contributed by atoms with E-state index in [1.54, 1.807) is 36.2 Å². The van der Waals surface area contributed by atoms with Crippen molar-refractivity contribution in [3.05, 3.63) is 60.3 Å². The highest BCUT2D eigenvalue weighted by Crippen LogP contribution is 2.30. The number of carbonyl (C=O) groups excluding carboxylic acids is 1. The molecule has 0 saturated heterocycles. The number of nitrogens with zero attached hydrogens (tertiary/aromatic N) is 2. The maximum atomic E-state index is 12.9. The standard InChI is InChI=1S/C19H19N3O3S/c1-24-14-9-10-15(16(11-14)25-2)19(23)21-18-17(26-3)12-20-22(18)13-7-5-4-6-8-13/h4-12H,1-3H3,(H,21,23). The number of para-hydroxylation sites is 1. The molecule has 0 aliphatic heterocycles. The lowest BCUT2D eigenvalue weighted by Crippen LogP contribution is -2.16. The highest BCUT2D eigenvalue weighted by Gasteiger charge is 2.18. The van der Waals surface area contributed by atoms with Gasteiger partial charge in [0.15, 0.2) is 0 Å². The van der Waals surface area contributed by atoms with Gasteiger partial charge >= 0.3 is 0 Å². The van der Waals surface area contributed by atoms with E-state index in [9.17, 15) is 4.79 Å². The van der Waals surface area contributed by atoms with Crippen LogP contribution in [0.1, 0.15) is 10.4 Å². The van der Waals surface area contributed by atoms with Crippen molar-refractivity contribution in [1.29, 1.82) is 0 Å². The summed E-state index contributed by atoms with van der Waals surface area (Å²) < 4.78 is 12.2. The summed E-state index contributed by atoms with van der Waals surface area (Å²) in [4.78, 5) is 13.7. The number of carbonyl (C=O) groups is 1. The summed E-state index contributed by atoms with van der Waals surface area (Å²) in [6.45, 7) is 0. The van der Waals surface area contributed by atoms with E-state index in [2.05, 4.69) is 10.4 Å². The predicted molar refractivity (Wildman–Crippen MR) is 103 cm³/mol. The average Bonchev–Trinajstić information content (AvgIpc) is 3.10. The lowest BCUT2D eigenvalue weighted by molar-refractivity contribution is 0.102. The minimum absolute atomic E-state index is 0.280. The van der Waals surface area contributed by atoms with E-state index in [1.165, 1.54) is 18.9 Å². The van der Waals surface area contributed by atoms with E-state index in [4.69, 9.17) is 9.47 Å². The van der Waals surface area contributed by atoms with Crippen LogP contribution in [0, 0.1) is 0 Å². The summed E-state index contributed by atoms with van der Waals surface area (Å²) in [6, 6.07) is 14.7. The molecule has 1 heterocycles. The maximum absolute atomic E-state index is 12.9. The van der Waals surface area contributed by atoms with Crippen LogP contribution in [0.15, 0.2) is 59.6 Å². The van der Waals surface area contributed by atoms with Crippen LogP contribution in [0.2, 0.25) is 0 Å². The van der Waals surface area contributed by atoms with E-state index in [0.717, 1.165) is 10.6 Å². The van der Waals surface area contributed by atoms with Crippen molar-refractivity contribution in [1.82, 2.24) is 9.78 Å². The fourth-order valence-corrected chi connectivity index (χ4v) is 3.01. The molecule has 0 fully saturated rings. The molecule has 1 N–H and O–H groups in total. The average molecular weight is 369 g/mol. The number of thioether (sulfide) groups is 1. The van der Waals surface area contributed by atoms with Crippen LogP contribution in [0.5, 0.6) is 11.5 Å². The minimum Gasteiger partial charge on any atom is -0.497 e. The first-order valence-corrected chi connectivity index (χ1v) is 9.11. The molecule has 1 aromatic heterocycles. The highest BCUT2D eigenvalue weighted by molar-refractivity contribution is 7.98. The number of amides is 1. The number of methoxy groups -OCH3 is 2. The van der Waals surface area contributed by atoms with Crippen LogP contribution in [-0.4, -0.2) is 36.2 Å². The summed E-state index contributed by atoms with van der Waals surface area (Å²) >= 11 is 1.51. The van der Waals surface area contributed by atoms with Crippen LogP contribution in [0.3, 0.4) is 0 Å². The van der Waals surface area contributed by atoms with Crippen molar-refractivity contribution in [2.45, 2.75) is 4.90 Å². The first-order chi connectivity index (χ1) is 12.7. The van der Waals surface area contributed by atoms with Gasteiger partial charge in [-0.3, -0.25) is 4.79 Å². The number of rotatable bonds is 6. The van der Waals surface area contributed by atoms with Crippen LogP contribution >= 0.6 is 11.8 Å². The highest BCUT2D eigenvalue weighted by atomic mass is 32.2. The topological polar surface area (TPSA) is 65.4 Å². The largest absolute Gasteiger partial charge is 0.497 e. The van der Waals surface area contributed by atoms with Crippen LogP contribution in [-0.2, 0) is 0 Å². The molecule has 1 amide bonds. The van der Waals surface area contributed by atoms with Gasteiger partial charge in [-0.2, -0.15) is 5.10 Å². The molecule has 0 atom stereocenters. The molecule has 134 valence electrons. The van der Waals surface area contributed by atoms with Gasteiger partial charge in [0.2, 0.25) is 0 Å². The monoisotopic (exact) mass is 369 g/mol. The normalized spacial score (nSPS) is 10.4. The SMILES string of the molecule is COc1ccc(C(=O)Nc2c(SC)cnn2-c2ccccc2)c(OC)c1. The third kappa shape index (κ3) is 3.52. The fourth-order valence-electron chi connectivity index (χ4n) is 2.52. The molecule has 0 aliphatic carbocycles. The van der Waals surface area contributed by atoms with Crippen molar-refractivity contribution in [3.8, 4) is 17.2 Å². The molecule has 26 heavy (non-hydrogen) atoms.